The molecule has 2 aromatic rings. The Hall–Kier alpha value is -3.10. The third-order valence-electron chi connectivity index (χ3n) is 5.21. The summed E-state index contributed by atoms with van der Waals surface area (Å²) in [5, 5.41) is 10.3. The van der Waals surface area contributed by atoms with Crippen molar-refractivity contribution in [2.24, 2.45) is 5.73 Å². The van der Waals surface area contributed by atoms with Gasteiger partial charge in [-0.05, 0) is 64.0 Å². The van der Waals surface area contributed by atoms with Crippen molar-refractivity contribution in [2.75, 3.05) is 0 Å². The number of rotatable bonds is 8. The van der Waals surface area contributed by atoms with E-state index in [1.54, 1.807) is 6.08 Å². The number of aromatic nitrogens is 2. The maximum absolute atomic E-state index is 14.1. The molecule has 0 saturated carbocycles. The number of benzene rings is 1. The monoisotopic (exact) mass is 484 g/mol. The first-order valence-electron chi connectivity index (χ1n) is 10.8. The molecule has 2 N–H and O–H groups in total. The second-order valence-electron chi connectivity index (χ2n) is 9.11. The fourth-order valence-electron chi connectivity index (χ4n) is 3.33. The van der Waals surface area contributed by atoms with E-state index in [1.165, 1.54) is 29.5 Å². The summed E-state index contributed by atoms with van der Waals surface area (Å²) in [7, 11) is 0. The third kappa shape index (κ3) is 5.87. The van der Waals surface area contributed by atoms with Crippen LogP contribution in [0.5, 0.6) is 0 Å². The van der Waals surface area contributed by atoms with E-state index in [1.807, 2.05) is 45.7 Å². The summed E-state index contributed by atoms with van der Waals surface area (Å²) < 4.78 is 34.0. The van der Waals surface area contributed by atoms with Crippen molar-refractivity contribution < 1.29 is 13.5 Å². The molecular formula is C26H30F2N4OS. The van der Waals surface area contributed by atoms with Gasteiger partial charge in [-0.3, -0.25) is 0 Å². The van der Waals surface area contributed by atoms with E-state index in [9.17, 15) is 8.78 Å². The molecule has 0 fully saturated rings. The van der Waals surface area contributed by atoms with E-state index in [0.29, 0.717) is 22.9 Å². The molecule has 5 nitrogen and oxygen atoms in total. The van der Waals surface area contributed by atoms with Crippen molar-refractivity contribution in [3.8, 4) is 0 Å². The number of nitrogens with zero attached hydrogens (tertiary/aromatic N) is 3. The summed E-state index contributed by atoms with van der Waals surface area (Å²) in [5.41, 5.74) is 9.52. The predicted octanol–water partition coefficient (Wildman–Crippen LogP) is 6.24. The molecule has 0 unspecified atom stereocenters. The van der Waals surface area contributed by atoms with Gasteiger partial charge in [-0.25, -0.2) is 8.78 Å². The fourth-order valence-corrected chi connectivity index (χ4v) is 4.51. The number of hydrogen-bond donors (Lipinski definition) is 1. The zero-order valence-corrected chi connectivity index (χ0v) is 21.0. The Morgan fingerprint density at radius 2 is 1.85 bits per heavy atom. The minimum atomic E-state index is -0.658. The van der Waals surface area contributed by atoms with Crippen LogP contribution in [0, 0.1) is 11.6 Å². The van der Waals surface area contributed by atoms with Crippen molar-refractivity contribution >= 4 is 17.0 Å². The molecule has 1 aliphatic heterocycles. The van der Waals surface area contributed by atoms with Crippen molar-refractivity contribution in [3.63, 3.8) is 0 Å². The average molecular weight is 485 g/mol. The number of hydrogen-bond acceptors (Lipinski definition) is 6. The molecule has 0 bridgehead atoms. The smallest absolute Gasteiger partial charge is 0.164 e. The van der Waals surface area contributed by atoms with E-state index < -0.39 is 17.2 Å². The lowest BCUT2D eigenvalue weighted by atomic mass is 10.0. The van der Waals surface area contributed by atoms with Gasteiger partial charge in [-0.1, -0.05) is 36.1 Å². The van der Waals surface area contributed by atoms with Crippen LogP contribution in [0.25, 0.3) is 5.70 Å². The minimum Gasteiger partial charge on any atom is -0.486 e. The van der Waals surface area contributed by atoms with Crippen LogP contribution in [0.15, 0.2) is 71.8 Å². The van der Waals surface area contributed by atoms with Gasteiger partial charge in [0.2, 0.25) is 0 Å². The van der Waals surface area contributed by atoms with Crippen molar-refractivity contribution in [3.05, 3.63) is 99.0 Å². The summed E-state index contributed by atoms with van der Waals surface area (Å²) in [6, 6.07) is 3.73. The first-order valence-corrected chi connectivity index (χ1v) is 11.6. The highest BCUT2D eigenvalue weighted by Gasteiger charge is 2.27. The molecule has 0 atom stereocenters. The largest absolute Gasteiger partial charge is 0.486 e. The van der Waals surface area contributed by atoms with Crippen molar-refractivity contribution in [1.29, 1.82) is 0 Å². The predicted molar refractivity (Wildman–Crippen MR) is 133 cm³/mol. The van der Waals surface area contributed by atoms with Crippen LogP contribution in [-0.2, 0) is 17.8 Å². The van der Waals surface area contributed by atoms with Gasteiger partial charge in [0.15, 0.2) is 5.01 Å². The Labute approximate surface area is 203 Å². The summed E-state index contributed by atoms with van der Waals surface area (Å²) >= 11 is 1.45. The van der Waals surface area contributed by atoms with E-state index in [2.05, 4.69) is 23.4 Å². The van der Waals surface area contributed by atoms with Gasteiger partial charge in [0.1, 0.15) is 29.0 Å². The number of allylic oxidation sites excluding steroid dienone is 4. The molecule has 1 aromatic carbocycles. The second-order valence-corrected chi connectivity index (χ2v) is 10.2. The Morgan fingerprint density at radius 1 is 1.21 bits per heavy atom. The van der Waals surface area contributed by atoms with Gasteiger partial charge in [-0.2, -0.15) is 0 Å². The molecular weight excluding hydrogens is 454 g/mol. The number of halogens is 2. The molecule has 2 heterocycles. The van der Waals surface area contributed by atoms with Gasteiger partial charge < -0.3 is 15.4 Å². The van der Waals surface area contributed by atoms with Crippen LogP contribution in [0.2, 0.25) is 0 Å². The lowest BCUT2D eigenvalue weighted by Gasteiger charge is -2.31. The second kappa shape index (κ2) is 10.0. The normalized spacial score (nSPS) is 15.1. The molecule has 34 heavy (non-hydrogen) atoms. The van der Waals surface area contributed by atoms with E-state index in [4.69, 9.17) is 10.5 Å². The van der Waals surface area contributed by atoms with Gasteiger partial charge in [0.25, 0.3) is 0 Å². The topological polar surface area (TPSA) is 64.3 Å². The minimum absolute atomic E-state index is 0.137. The van der Waals surface area contributed by atoms with Gasteiger partial charge in [0, 0.05) is 18.2 Å². The number of nitrogens with two attached hydrogens (primary N) is 1. The maximum Gasteiger partial charge on any atom is 0.164 e. The molecule has 1 aliphatic rings. The zero-order chi connectivity index (χ0) is 25.2. The Balaban J connectivity index is 1.95. The molecule has 180 valence electrons. The van der Waals surface area contributed by atoms with Gasteiger partial charge in [-0.15, -0.1) is 10.2 Å². The van der Waals surface area contributed by atoms with Crippen LogP contribution in [0.3, 0.4) is 0 Å². The molecule has 8 heteroatoms. The lowest BCUT2D eigenvalue weighted by Crippen LogP contribution is -2.34. The van der Waals surface area contributed by atoms with Crippen LogP contribution in [-0.4, -0.2) is 20.6 Å². The Bertz CT molecular complexity index is 1200. The Kier molecular flexibility index (Phi) is 7.53. The van der Waals surface area contributed by atoms with Crippen LogP contribution < -0.4 is 5.73 Å². The first kappa shape index (κ1) is 25.5. The molecule has 0 saturated heterocycles. The fraction of sp³-hybridized carbons (Fsp3) is 0.308. The van der Waals surface area contributed by atoms with Crippen molar-refractivity contribution in [1.82, 2.24) is 15.1 Å². The van der Waals surface area contributed by atoms with Crippen LogP contribution in [0.1, 0.15) is 50.2 Å². The Morgan fingerprint density at radius 3 is 2.44 bits per heavy atom. The van der Waals surface area contributed by atoms with Crippen LogP contribution >= 0.6 is 11.3 Å². The van der Waals surface area contributed by atoms with E-state index >= 15 is 0 Å². The van der Waals surface area contributed by atoms with E-state index in [0.717, 1.165) is 27.4 Å². The van der Waals surface area contributed by atoms with E-state index in [-0.39, 0.29) is 12.2 Å². The standard InChI is InChI=1S/C26H30F2N4OS/c1-15(2)17(4)24(25-31-30-23(34-25)12-26(6,7)29)32-13-16(3)11-22(18(32)5)33-14-19-20(27)9-8-10-21(19)28/h8-11,13H,1,5,12,14,29H2,2-4,6-7H3. The average Bonchev–Trinajstić information content (AvgIpc) is 3.16. The highest BCUT2D eigenvalue weighted by molar-refractivity contribution is 7.12. The summed E-state index contributed by atoms with van der Waals surface area (Å²) in [4.78, 5) is 1.87. The molecule has 0 radical (unpaired) electrons. The quantitative estimate of drug-likeness (QED) is 0.450. The summed E-state index contributed by atoms with van der Waals surface area (Å²) in [6.07, 6.45) is 4.28. The molecule has 0 amide bonds. The molecule has 0 spiro atoms. The summed E-state index contributed by atoms with van der Waals surface area (Å²) in [6.45, 7) is 17.7. The lowest BCUT2D eigenvalue weighted by molar-refractivity contribution is 0.190. The highest BCUT2D eigenvalue weighted by atomic mass is 32.1. The first-order chi connectivity index (χ1) is 15.9. The van der Waals surface area contributed by atoms with Gasteiger partial charge in [0.05, 0.1) is 17.0 Å². The van der Waals surface area contributed by atoms with Gasteiger partial charge >= 0.3 is 0 Å². The molecule has 3 rings (SSSR count). The molecule has 0 aliphatic carbocycles. The van der Waals surface area contributed by atoms with Crippen LogP contribution in [0.4, 0.5) is 8.78 Å². The summed E-state index contributed by atoms with van der Waals surface area (Å²) in [5.74, 6) is -0.911. The highest BCUT2D eigenvalue weighted by Crippen LogP contribution is 2.37. The SMILES string of the molecule is C=C(C)C(C)=C(c1nnc(CC(C)(C)N)s1)N1C=C(C)C=C(OCc2c(F)cccc2F)C1=C. The maximum atomic E-state index is 14.1. The zero-order valence-electron chi connectivity index (χ0n) is 20.2. The van der Waals surface area contributed by atoms with Crippen molar-refractivity contribution in [2.45, 2.75) is 53.2 Å². The third-order valence-corrected chi connectivity index (χ3v) is 6.14. The number of ether oxygens (including phenoxy) is 1. The molecule has 1 aromatic heterocycles.